The highest BCUT2D eigenvalue weighted by molar-refractivity contribution is 5.80. The largest absolute Gasteiger partial charge is 0.341 e. The number of fused-ring (bicyclic) bond motifs is 2. The van der Waals surface area contributed by atoms with E-state index < -0.39 is 4.92 Å². The lowest BCUT2D eigenvalue weighted by Gasteiger charge is -2.24. The number of nitro groups is 1. The number of carbonyl (C=O) groups is 1. The van der Waals surface area contributed by atoms with E-state index in [0.29, 0.717) is 17.6 Å². The van der Waals surface area contributed by atoms with E-state index in [1.54, 1.807) is 18.2 Å². The molecule has 21 heavy (non-hydrogen) atoms. The Hall–Kier alpha value is -1.95. The van der Waals surface area contributed by atoms with Crippen LogP contribution in [-0.2, 0) is 11.2 Å². The van der Waals surface area contributed by atoms with Crippen LogP contribution in [0.3, 0.4) is 0 Å². The molecule has 0 aliphatic carbocycles. The number of amides is 1. The summed E-state index contributed by atoms with van der Waals surface area (Å²) in [6.45, 7) is 1.46. The Kier molecular flexibility index (Phi) is 3.88. The van der Waals surface area contributed by atoms with Crippen molar-refractivity contribution >= 4 is 11.6 Å². The van der Waals surface area contributed by atoms with Gasteiger partial charge in [0.05, 0.1) is 11.3 Å². The first kappa shape index (κ1) is 14.0. The van der Waals surface area contributed by atoms with E-state index >= 15 is 0 Å². The second-order valence-electron chi connectivity index (χ2n) is 5.83. The number of nitro benzene ring substituents is 1. The van der Waals surface area contributed by atoms with Gasteiger partial charge in [0.15, 0.2) is 0 Å². The van der Waals surface area contributed by atoms with Gasteiger partial charge >= 0.3 is 0 Å². The summed E-state index contributed by atoms with van der Waals surface area (Å²) in [5, 5.41) is 14.5. The summed E-state index contributed by atoms with van der Waals surface area (Å²) >= 11 is 0. The van der Waals surface area contributed by atoms with Gasteiger partial charge in [0, 0.05) is 36.8 Å². The average Bonchev–Trinajstić information content (AvgIpc) is 2.78. The van der Waals surface area contributed by atoms with Gasteiger partial charge in [-0.15, -0.1) is 0 Å². The van der Waals surface area contributed by atoms with Crippen molar-refractivity contribution in [3.63, 3.8) is 0 Å². The Morgan fingerprint density at radius 2 is 2.05 bits per heavy atom. The minimum atomic E-state index is -0.422. The summed E-state index contributed by atoms with van der Waals surface area (Å²) in [5.74, 6) is -0.0151. The molecule has 0 aromatic heterocycles. The van der Waals surface area contributed by atoms with Gasteiger partial charge < -0.3 is 10.2 Å². The quantitative estimate of drug-likeness (QED) is 0.675. The maximum absolute atomic E-state index is 12.4. The van der Waals surface area contributed by atoms with Crippen LogP contribution in [0.5, 0.6) is 0 Å². The molecule has 1 amide bonds. The second kappa shape index (κ2) is 5.81. The third-order valence-electron chi connectivity index (χ3n) is 4.41. The normalized spacial score (nSPS) is 24.7. The van der Waals surface area contributed by atoms with Crippen molar-refractivity contribution in [2.45, 2.75) is 37.8 Å². The molecule has 2 heterocycles. The summed E-state index contributed by atoms with van der Waals surface area (Å²) in [6.07, 6.45) is 3.38. The van der Waals surface area contributed by atoms with Crippen molar-refractivity contribution in [2.24, 2.45) is 0 Å². The molecule has 2 unspecified atom stereocenters. The van der Waals surface area contributed by atoms with E-state index in [1.165, 1.54) is 12.5 Å². The maximum atomic E-state index is 12.4. The monoisotopic (exact) mass is 289 g/mol. The van der Waals surface area contributed by atoms with Crippen LogP contribution < -0.4 is 5.32 Å². The number of nitrogens with zero attached hydrogens (tertiary/aromatic N) is 2. The molecule has 0 radical (unpaired) electrons. The summed E-state index contributed by atoms with van der Waals surface area (Å²) in [6, 6.07) is 7.39. The Balaban J connectivity index is 1.70. The van der Waals surface area contributed by atoms with Crippen LogP contribution in [0.2, 0.25) is 0 Å². The predicted molar refractivity (Wildman–Crippen MR) is 77.9 cm³/mol. The number of para-hydroxylation sites is 1. The molecule has 0 spiro atoms. The second-order valence-corrected chi connectivity index (χ2v) is 5.83. The van der Waals surface area contributed by atoms with Crippen molar-refractivity contribution in [1.82, 2.24) is 10.2 Å². The zero-order valence-corrected chi connectivity index (χ0v) is 11.8. The van der Waals surface area contributed by atoms with E-state index in [0.717, 1.165) is 25.9 Å². The van der Waals surface area contributed by atoms with E-state index in [2.05, 4.69) is 5.32 Å². The lowest BCUT2D eigenvalue weighted by Crippen LogP contribution is -2.39. The molecule has 1 N–H and O–H groups in total. The van der Waals surface area contributed by atoms with Gasteiger partial charge in [0.1, 0.15) is 0 Å². The standard InChI is InChI=1S/C15H19N3O3/c19-15(9-11-3-1-2-4-14(11)18(20)21)17-8-7-12-5-6-13(10-17)16-12/h1-4,12-13,16H,5-10H2. The SMILES string of the molecule is O=C(Cc1ccccc1[N+](=O)[O-])N1CCC2CCC(C1)N2. The third kappa shape index (κ3) is 3.05. The fourth-order valence-corrected chi connectivity index (χ4v) is 3.28. The maximum Gasteiger partial charge on any atom is 0.273 e. The van der Waals surface area contributed by atoms with Crippen LogP contribution in [0.4, 0.5) is 5.69 Å². The number of nitrogens with one attached hydrogen (secondary N) is 1. The van der Waals surface area contributed by atoms with E-state index in [4.69, 9.17) is 0 Å². The summed E-state index contributed by atoms with van der Waals surface area (Å²) in [7, 11) is 0. The van der Waals surface area contributed by atoms with Crippen LogP contribution in [0.25, 0.3) is 0 Å². The molecule has 6 nitrogen and oxygen atoms in total. The summed E-state index contributed by atoms with van der Waals surface area (Å²) in [4.78, 5) is 24.9. The smallest absolute Gasteiger partial charge is 0.273 e. The number of rotatable bonds is 3. The first-order chi connectivity index (χ1) is 10.1. The zero-order chi connectivity index (χ0) is 14.8. The molecule has 2 aliphatic rings. The lowest BCUT2D eigenvalue weighted by molar-refractivity contribution is -0.385. The fraction of sp³-hybridized carbons (Fsp3) is 0.533. The highest BCUT2D eigenvalue weighted by Gasteiger charge is 2.31. The van der Waals surface area contributed by atoms with Gasteiger partial charge in [-0.3, -0.25) is 14.9 Å². The van der Waals surface area contributed by atoms with Crippen molar-refractivity contribution in [1.29, 1.82) is 0 Å². The Bertz CT molecular complexity index is 561. The number of hydrogen-bond acceptors (Lipinski definition) is 4. The molecule has 2 aliphatic heterocycles. The molecule has 2 bridgehead atoms. The summed E-state index contributed by atoms with van der Waals surface area (Å²) < 4.78 is 0. The molecule has 6 heteroatoms. The Labute approximate surface area is 123 Å². The Morgan fingerprint density at radius 1 is 1.29 bits per heavy atom. The van der Waals surface area contributed by atoms with E-state index in [1.807, 2.05) is 4.90 Å². The lowest BCUT2D eigenvalue weighted by atomic mass is 10.1. The van der Waals surface area contributed by atoms with Crippen molar-refractivity contribution in [2.75, 3.05) is 13.1 Å². The van der Waals surface area contributed by atoms with Crippen molar-refractivity contribution < 1.29 is 9.72 Å². The molecule has 2 fully saturated rings. The van der Waals surface area contributed by atoms with Crippen molar-refractivity contribution in [3.05, 3.63) is 39.9 Å². The minimum Gasteiger partial charge on any atom is -0.341 e. The van der Waals surface area contributed by atoms with Gasteiger partial charge in [0.2, 0.25) is 5.91 Å². The van der Waals surface area contributed by atoms with Crippen molar-refractivity contribution in [3.8, 4) is 0 Å². The van der Waals surface area contributed by atoms with Gasteiger partial charge in [-0.1, -0.05) is 18.2 Å². The van der Waals surface area contributed by atoms with Gasteiger partial charge in [-0.25, -0.2) is 0 Å². The van der Waals surface area contributed by atoms with E-state index in [-0.39, 0.29) is 18.0 Å². The molecule has 0 saturated carbocycles. The Morgan fingerprint density at radius 3 is 2.86 bits per heavy atom. The first-order valence-corrected chi connectivity index (χ1v) is 7.39. The van der Waals surface area contributed by atoms with Crippen LogP contribution in [0.1, 0.15) is 24.8 Å². The van der Waals surface area contributed by atoms with Crippen LogP contribution in [0, 0.1) is 10.1 Å². The highest BCUT2D eigenvalue weighted by Crippen LogP contribution is 2.22. The highest BCUT2D eigenvalue weighted by atomic mass is 16.6. The molecule has 3 rings (SSSR count). The van der Waals surface area contributed by atoms with Gasteiger partial charge in [-0.05, 0) is 19.3 Å². The number of likely N-dealkylation sites (tertiary alicyclic amines) is 1. The van der Waals surface area contributed by atoms with Gasteiger partial charge in [-0.2, -0.15) is 0 Å². The van der Waals surface area contributed by atoms with Crippen LogP contribution >= 0.6 is 0 Å². The number of benzene rings is 1. The predicted octanol–water partition coefficient (Wildman–Crippen LogP) is 1.49. The molecule has 1 aromatic rings. The molecular weight excluding hydrogens is 270 g/mol. The molecule has 1 aromatic carbocycles. The zero-order valence-electron chi connectivity index (χ0n) is 11.8. The molecule has 2 saturated heterocycles. The number of carbonyl (C=O) groups excluding carboxylic acids is 1. The topological polar surface area (TPSA) is 75.5 Å². The van der Waals surface area contributed by atoms with Crippen LogP contribution in [0.15, 0.2) is 24.3 Å². The third-order valence-corrected chi connectivity index (χ3v) is 4.41. The van der Waals surface area contributed by atoms with Crippen LogP contribution in [-0.4, -0.2) is 40.9 Å². The molecule has 112 valence electrons. The average molecular weight is 289 g/mol. The molecular formula is C15H19N3O3. The summed E-state index contributed by atoms with van der Waals surface area (Å²) in [5.41, 5.74) is 0.523. The van der Waals surface area contributed by atoms with Gasteiger partial charge in [0.25, 0.3) is 5.69 Å². The fourth-order valence-electron chi connectivity index (χ4n) is 3.28. The molecule has 2 atom stereocenters. The minimum absolute atomic E-state index is 0.0151. The first-order valence-electron chi connectivity index (χ1n) is 7.39. The van der Waals surface area contributed by atoms with E-state index in [9.17, 15) is 14.9 Å². The number of hydrogen-bond donors (Lipinski definition) is 1.